The van der Waals surface area contributed by atoms with E-state index < -0.39 is 0 Å². The number of nitrogens with zero attached hydrogens (tertiary/aromatic N) is 4. The first-order valence-corrected chi connectivity index (χ1v) is 22.4. The average Bonchev–Trinajstić information content (AvgIpc) is 4.03. The van der Waals surface area contributed by atoms with Crippen LogP contribution in [0, 0.1) is 23.7 Å². The van der Waals surface area contributed by atoms with Crippen LogP contribution in [-0.4, -0.2) is 68.5 Å². The molecular weight excluding hydrogens is 876 g/mol. The monoisotopic (exact) mass is 936 g/mol. The maximum Gasteiger partial charge on any atom is 0.208 e. The second kappa shape index (κ2) is 25.0. The van der Waals surface area contributed by atoms with Crippen LogP contribution in [0.15, 0.2) is 47.9 Å². The van der Waals surface area contributed by atoms with Crippen LogP contribution in [0.2, 0.25) is 0 Å². The van der Waals surface area contributed by atoms with Crippen molar-refractivity contribution in [2.45, 2.75) is 111 Å². The molecule has 7 rings (SSSR count). The van der Waals surface area contributed by atoms with Gasteiger partial charge in [-0.2, -0.15) is 0 Å². The first-order chi connectivity index (χ1) is 25.7. The van der Waals surface area contributed by atoms with Gasteiger partial charge in [-0.25, -0.2) is 19.9 Å². The van der Waals surface area contributed by atoms with Crippen LogP contribution in [-0.2, 0) is 15.4 Å². The number of aliphatic hydroxyl groups is 1. The standard InChI is InChI=1S/C18H22BrN3OS.C17H20BrN3O2S.C4H8O.3CH4/c1-3-13-6-14(4-11(13)2)22-18-15(8-20-10-21-18)17(23)16-5-12(7-19)9-24-16;1-10-2-13(4-12(10)7-22)21-17-14(6-19-9-20-17)16(23)15-3-11(5-18)8-24-15;1-2-4-5-3-1;;;/h5,8-11,13-14H,3-4,6-7H2,1-2H3,(H,20,21,22);3,6,8-10,12-13,22H,2,4-5,7H2,1H3,(H,19,20,21);1-4H2;3*1H4/t11-,13-,14-;10-,12+,13-;;;;/m00..../s1. The number of anilines is 2. The van der Waals surface area contributed by atoms with Crippen molar-refractivity contribution in [2.24, 2.45) is 23.7 Å². The van der Waals surface area contributed by atoms with Crippen molar-refractivity contribution >= 4 is 77.7 Å². The first-order valence-electron chi connectivity index (χ1n) is 18.4. The van der Waals surface area contributed by atoms with Gasteiger partial charge in [0, 0.05) is 55.0 Å². The Hall–Kier alpha value is -2.62. The van der Waals surface area contributed by atoms with Crippen molar-refractivity contribution < 1.29 is 19.4 Å². The number of aliphatic hydroxyl groups excluding tert-OH is 1. The van der Waals surface area contributed by atoms with Gasteiger partial charge in [-0.1, -0.05) is 81.3 Å². The Morgan fingerprint density at radius 3 is 1.55 bits per heavy atom. The average molecular weight is 939 g/mol. The van der Waals surface area contributed by atoms with Crippen molar-refractivity contribution in [2.75, 3.05) is 30.5 Å². The lowest BCUT2D eigenvalue weighted by atomic mass is 9.96. The largest absolute Gasteiger partial charge is 0.396 e. The summed E-state index contributed by atoms with van der Waals surface area (Å²) in [6.07, 6.45) is 14.1. The Balaban J connectivity index is 0.000000327. The summed E-state index contributed by atoms with van der Waals surface area (Å²) in [5.74, 6) is 3.43. The summed E-state index contributed by atoms with van der Waals surface area (Å²) in [6, 6.07) is 4.44. The highest BCUT2D eigenvalue weighted by atomic mass is 79.9. The zero-order chi connectivity index (χ0) is 37.7. The van der Waals surface area contributed by atoms with E-state index in [9.17, 15) is 14.7 Å². The van der Waals surface area contributed by atoms with E-state index in [0.717, 1.165) is 71.5 Å². The number of alkyl halides is 2. The van der Waals surface area contributed by atoms with Gasteiger partial charge in [-0.15, -0.1) is 22.7 Å². The van der Waals surface area contributed by atoms with Crippen molar-refractivity contribution in [1.82, 2.24) is 19.9 Å². The van der Waals surface area contributed by atoms with Gasteiger partial charge in [-0.3, -0.25) is 9.59 Å². The summed E-state index contributed by atoms with van der Waals surface area (Å²) in [4.78, 5) is 43.8. The van der Waals surface area contributed by atoms with Gasteiger partial charge in [0.1, 0.15) is 24.3 Å². The van der Waals surface area contributed by atoms with E-state index in [-0.39, 0.29) is 46.5 Å². The molecule has 14 heteroatoms. The highest BCUT2D eigenvalue weighted by molar-refractivity contribution is 9.08. The first kappa shape index (κ1) is 49.5. The molecule has 0 radical (unpaired) electrons. The molecule has 4 aromatic heterocycles. The number of nitrogens with one attached hydrogen (secondary N) is 2. The zero-order valence-electron chi connectivity index (χ0n) is 30.6. The second-order valence-corrected chi connectivity index (χ2v) is 17.1. The van der Waals surface area contributed by atoms with Crippen LogP contribution < -0.4 is 10.6 Å². The minimum Gasteiger partial charge on any atom is -0.396 e. The summed E-state index contributed by atoms with van der Waals surface area (Å²) >= 11 is 9.74. The van der Waals surface area contributed by atoms with E-state index in [2.05, 4.69) is 83.2 Å². The maximum atomic E-state index is 12.8. The highest BCUT2D eigenvalue weighted by Gasteiger charge is 2.32. The third-order valence-electron chi connectivity index (χ3n) is 10.3. The number of ketones is 2. The molecule has 0 amide bonds. The summed E-state index contributed by atoms with van der Waals surface area (Å²) in [5, 5.41) is 21.8. The minimum absolute atomic E-state index is 0. The quantitative estimate of drug-likeness (QED) is 0.0929. The van der Waals surface area contributed by atoms with E-state index in [4.69, 9.17) is 4.74 Å². The number of aromatic nitrogens is 4. The molecule has 4 aromatic rings. The molecule has 0 aromatic carbocycles. The van der Waals surface area contributed by atoms with Gasteiger partial charge in [0.2, 0.25) is 11.6 Å². The van der Waals surface area contributed by atoms with E-state index >= 15 is 0 Å². The predicted octanol–water partition coefficient (Wildman–Crippen LogP) is 11.1. The van der Waals surface area contributed by atoms with E-state index in [1.807, 2.05) is 22.9 Å². The summed E-state index contributed by atoms with van der Waals surface area (Å²) in [7, 11) is 0. The Kier molecular flexibility index (Phi) is 22.1. The molecule has 1 saturated heterocycles. The minimum atomic E-state index is -0.0555. The molecule has 56 heavy (non-hydrogen) atoms. The summed E-state index contributed by atoms with van der Waals surface area (Å²) in [6.45, 7) is 8.93. The number of rotatable bonds is 12. The molecule has 0 bridgehead atoms. The van der Waals surface area contributed by atoms with E-state index in [0.29, 0.717) is 51.4 Å². The SMILES string of the molecule is C.C.C.C1CCOC1.CC[C@H]1C[C@@H](Nc2ncncc2C(=O)c2cc(CBr)cs2)C[C@@H]1C.C[C@H]1C[C@H](Nc2ncncc2C(=O)c2cc(CBr)cs2)C[C@@H]1CO. The number of hydrogen-bond acceptors (Lipinski definition) is 12. The third-order valence-corrected chi connectivity index (χ3v) is 13.6. The molecule has 0 spiro atoms. The third kappa shape index (κ3) is 13.5. The Labute approximate surface area is 359 Å². The van der Waals surface area contributed by atoms with Crippen molar-refractivity contribution in [1.29, 1.82) is 0 Å². The van der Waals surface area contributed by atoms with Gasteiger partial charge in [0.05, 0.1) is 20.9 Å². The van der Waals surface area contributed by atoms with E-state index in [1.165, 1.54) is 54.6 Å². The lowest BCUT2D eigenvalue weighted by Gasteiger charge is -2.15. The molecular formula is C42H62Br2N6O4S2. The Bertz CT molecular complexity index is 1640. The van der Waals surface area contributed by atoms with Gasteiger partial charge in [0.25, 0.3) is 0 Å². The smallest absolute Gasteiger partial charge is 0.208 e. The normalized spacial score (nSPS) is 22.2. The van der Waals surface area contributed by atoms with Crippen LogP contribution in [0.4, 0.5) is 11.6 Å². The number of carbonyl (C=O) groups is 2. The number of carbonyl (C=O) groups excluding carboxylic acids is 2. The van der Waals surface area contributed by atoms with Crippen LogP contribution in [0.3, 0.4) is 0 Å². The number of hydrogen-bond donors (Lipinski definition) is 3. The van der Waals surface area contributed by atoms with Crippen molar-refractivity contribution in [3.63, 3.8) is 0 Å². The van der Waals surface area contributed by atoms with Crippen molar-refractivity contribution in [3.8, 4) is 0 Å². The summed E-state index contributed by atoms with van der Waals surface area (Å²) < 4.78 is 4.94. The fourth-order valence-corrected chi connectivity index (χ4v) is 10.1. The molecule has 310 valence electrons. The molecule has 2 aliphatic carbocycles. The highest BCUT2D eigenvalue weighted by Crippen LogP contribution is 2.36. The number of thiophene rings is 2. The van der Waals surface area contributed by atoms with Gasteiger partial charge < -0.3 is 20.5 Å². The van der Waals surface area contributed by atoms with Crippen LogP contribution >= 0.6 is 54.5 Å². The molecule has 6 atom stereocenters. The Morgan fingerprint density at radius 2 is 1.21 bits per heavy atom. The molecule has 2 saturated carbocycles. The molecule has 10 nitrogen and oxygen atoms in total. The van der Waals surface area contributed by atoms with Crippen LogP contribution in [0.5, 0.6) is 0 Å². The van der Waals surface area contributed by atoms with Crippen LogP contribution in [0.1, 0.15) is 130 Å². The number of halogens is 2. The molecule has 1 aliphatic heterocycles. The number of ether oxygens (including phenoxy) is 1. The van der Waals surface area contributed by atoms with Crippen molar-refractivity contribution in [3.05, 3.63) is 79.9 Å². The lowest BCUT2D eigenvalue weighted by molar-refractivity contribution is 0.103. The molecule has 3 N–H and O–H groups in total. The van der Waals surface area contributed by atoms with E-state index in [1.54, 1.807) is 12.4 Å². The summed E-state index contributed by atoms with van der Waals surface area (Å²) in [5.41, 5.74) is 3.27. The van der Waals surface area contributed by atoms with Gasteiger partial charge in [0.15, 0.2) is 0 Å². The second-order valence-electron chi connectivity index (χ2n) is 14.1. The van der Waals surface area contributed by atoms with Crippen LogP contribution in [0.25, 0.3) is 0 Å². The maximum absolute atomic E-state index is 12.8. The Morgan fingerprint density at radius 1 is 0.768 bits per heavy atom. The topological polar surface area (TPSA) is 139 Å². The predicted molar refractivity (Wildman–Crippen MR) is 241 cm³/mol. The fraction of sp³-hybridized carbons (Fsp3) is 0.571. The lowest BCUT2D eigenvalue weighted by Crippen LogP contribution is -2.19. The molecule has 5 heterocycles. The van der Waals surface area contributed by atoms with Gasteiger partial charge >= 0.3 is 0 Å². The molecule has 3 fully saturated rings. The molecule has 3 aliphatic rings. The fourth-order valence-electron chi connectivity index (χ4n) is 7.24. The zero-order valence-corrected chi connectivity index (χ0v) is 35.4. The van der Waals surface area contributed by atoms with Gasteiger partial charge in [-0.05, 0) is 96.2 Å². The molecule has 0 unspecified atom stereocenters.